The number of unbranched alkanes of at least 4 members (excludes halogenated alkanes) is 1. The second-order valence-corrected chi connectivity index (χ2v) is 8.06. The summed E-state index contributed by atoms with van der Waals surface area (Å²) in [4.78, 5) is 19.8. The number of alkyl halides is 2. The second-order valence-electron chi connectivity index (χ2n) is 8.06. The third kappa shape index (κ3) is 6.87. The first-order valence-electron chi connectivity index (χ1n) is 10.7. The molecule has 3 rings (SSSR count). The summed E-state index contributed by atoms with van der Waals surface area (Å²) < 4.78 is 34.4. The van der Waals surface area contributed by atoms with Gasteiger partial charge < -0.3 is 15.2 Å². The molecule has 0 spiro atoms. The maximum Gasteiger partial charge on any atom is 0.303 e. The summed E-state index contributed by atoms with van der Waals surface area (Å²) in [5, 5.41) is 12.5. The van der Waals surface area contributed by atoms with E-state index in [2.05, 4.69) is 21.4 Å². The van der Waals surface area contributed by atoms with Crippen LogP contribution >= 0.6 is 0 Å². The Morgan fingerprint density at radius 3 is 2.94 bits per heavy atom. The van der Waals surface area contributed by atoms with Gasteiger partial charge in [-0.3, -0.25) is 9.78 Å². The van der Waals surface area contributed by atoms with E-state index in [0.29, 0.717) is 30.6 Å². The van der Waals surface area contributed by atoms with Gasteiger partial charge in [0.1, 0.15) is 11.6 Å². The summed E-state index contributed by atoms with van der Waals surface area (Å²) in [6.45, 7) is 0.913. The molecule has 1 aliphatic rings. The molecule has 168 valence electrons. The number of aliphatic carboxylic acids is 1. The van der Waals surface area contributed by atoms with Crippen molar-refractivity contribution in [2.75, 3.05) is 19.0 Å². The van der Waals surface area contributed by atoms with E-state index in [1.54, 1.807) is 6.07 Å². The van der Waals surface area contributed by atoms with E-state index >= 15 is 0 Å². The van der Waals surface area contributed by atoms with Gasteiger partial charge in [0.25, 0.3) is 0 Å². The molecule has 31 heavy (non-hydrogen) atoms. The number of nitrogens with one attached hydrogen (secondary N) is 1. The van der Waals surface area contributed by atoms with Gasteiger partial charge in [-0.05, 0) is 55.4 Å². The van der Waals surface area contributed by atoms with Gasteiger partial charge in [-0.25, -0.2) is 13.8 Å². The number of aromatic nitrogens is 2. The van der Waals surface area contributed by atoms with Crippen molar-refractivity contribution in [3.8, 4) is 5.75 Å². The number of anilines is 1. The van der Waals surface area contributed by atoms with E-state index in [1.165, 1.54) is 25.1 Å². The smallest absolute Gasteiger partial charge is 0.303 e. The van der Waals surface area contributed by atoms with E-state index < -0.39 is 24.2 Å². The molecule has 1 atom stereocenters. The number of rotatable bonds is 11. The molecule has 0 radical (unpaired) electrons. The Kier molecular flexibility index (Phi) is 7.76. The lowest BCUT2D eigenvalue weighted by atomic mass is 9.89. The average molecular weight is 433 g/mol. The molecule has 2 aromatic rings. The zero-order chi connectivity index (χ0) is 22.3. The zero-order valence-electron chi connectivity index (χ0n) is 17.7. The fourth-order valence-corrected chi connectivity index (χ4v) is 3.95. The number of fused-ring (bicyclic) bond motifs is 1. The van der Waals surface area contributed by atoms with Gasteiger partial charge in [0, 0.05) is 37.2 Å². The highest BCUT2D eigenvalue weighted by Gasteiger charge is 2.34. The summed E-state index contributed by atoms with van der Waals surface area (Å²) in [5.74, 6) is -3.58. The number of carboxylic acids is 1. The number of carbonyl (C=O) groups is 1. The number of hydrogen-bond acceptors (Lipinski definition) is 5. The van der Waals surface area contributed by atoms with Crippen molar-refractivity contribution in [2.24, 2.45) is 0 Å². The highest BCUT2D eigenvalue weighted by atomic mass is 19.3. The SMILES string of the molecule is COc1cncc(C(CC(=O)O)CC(F)(F)CCCCc2ccc3c(n2)NCCC3)c1. The molecular weight excluding hydrogens is 404 g/mol. The number of pyridine rings is 2. The minimum absolute atomic E-state index is 0.288. The summed E-state index contributed by atoms with van der Waals surface area (Å²) in [7, 11) is 1.45. The van der Waals surface area contributed by atoms with Gasteiger partial charge in [0.2, 0.25) is 5.92 Å². The molecule has 0 fully saturated rings. The molecule has 6 nitrogen and oxygen atoms in total. The summed E-state index contributed by atoms with van der Waals surface area (Å²) >= 11 is 0. The Hall–Kier alpha value is -2.77. The van der Waals surface area contributed by atoms with Crippen LogP contribution in [0.3, 0.4) is 0 Å². The number of halogens is 2. The van der Waals surface area contributed by atoms with Gasteiger partial charge in [-0.2, -0.15) is 0 Å². The Balaban J connectivity index is 1.54. The highest BCUT2D eigenvalue weighted by Crippen LogP contribution is 2.36. The molecular formula is C23H29F2N3O3. The van der Waals surface area contributed by atoms with Crippen LogP contribution in [0, 0.1) is 0 Å². The number of carboxylic acid groups (broad SMARTS) is 1. The standard InChI is InChI=1S/C23H29F2N3O3/c1-31-20-11-18(14-26-15-20)17(12-21(29)30)13-23(24,25)9-3-2-6-19-8-7-16-5-4-10-27-22(16)28-19/h7-8,11,14-15,17H,2-6,9-10,12-13H2,1H3,(H,27,28)(H,29,30). The van der Waals surface area contributed by atoms with Crippen LogP contribution in [0.2, 0.25) is 0 Å². The molecule has 0 amide bonds. The minimum Gasteiger partial charge on any atom is -0.495 e. The van der Waals surface area contributed by atoms with E-state index in [9.17, 15) is 18.7 Å². The monoisotopic (exact) mass is 433 g/mol. The molecule has 2 aromatic heterocycles. The Morgan fingerprint density at radius 2 is 2.16 bits per heavy atom. The lowest BCUT2D eigenvalue weighted by Crippen LogP contribution is -2.22. The van der Waals surface area contributed by atoms with Crippen LogP contribution in [-0.4, -0.2) is 40.6 Å². The molecule has 0 aromatic carbocycles. The quantitative estimate of drug-likeness (QED) is 0.494. The Labute approximate surface area is 181 Å². The second kappa shape index (κ2) is 10.5. The van der Waals surface area contributed by atoms with Crippen LogP contribution < -0.4 is 10.1 Å². The van der Waals surface area contributed by atoms with Crippen LogP contribution in [0.4, 0.5) is 14.6 Å². The van der Waals surface area contributed by atoms with Crippen molar-refractivity contribution >= 4 is 11.8 Å². The summed E-state index contributed by atoms with van der Waals surface area (Å²) in [6, 6.07) is 5.62. The van der Waals surface area contributed by atoms with Crippen LogP contribution in [-0.2, 0) is 17.6 Å². The molecule has 3 heterocycles. The Morgan fingerprint density at radius 1 is 1.32 bits per heavy atom. The zero-order valence-corrected chi connectivity index (χ0v) is 17.7. The van der Waals surface area contributed by atoms with Crippen molar-refractivity contribution in [3.05, 3.63) is 47.4 Å². The van der Waals surface area contributed by atoms with Crippen LogP contribution in [0.5, 0.6) is 5.75 Å². The molecule has 0 bridgehead atoms. The number of nitrogens with zero attached hydrogens (tertiary/aromatic N) is 2. The number of aryl methyl sites for hydroxylation is 2. The van der Waals surface area contributed by atoms with E-state index in [1.807, 2.05) is 6.07 Å². The van der Waals surface area contributed by atoms with E-state index in [0.717, 1.165) is 30.9 Å². The van der Waals surface area contributed by atoms with E-state index in [-0.39, 0.29) is 12.8 Å². The first kappa shape index (κ1) is 22.9. The average Bonchev–Trinajstić information content (AvgIpc) is 2.76. The topological polar surface area (TPSA) is 84.3 Å². The van der Waals surface area contributed by atoms with E-state index in [4.69, 9.17) is 4.74 Å². The predicted molar refractivity (Wildman–Crippen MR) is 114 cm³/mol. The molecule has 0 saturated carbocycles. The number of hydrogen-bond donors (Lipinski definition) is 2. The first-order valence-corrected chi connectivity index (χ1v) is 10.7. The minimum atomic E-state index is -2.96. The van der Waals surface area contributed by atoms with Crippen LogP contribution in [0.25, 0.3) is 0 Å². The van der Waals surface area contributed by atoms with Crippen LogP contribution in [0.15, 0.2) is 30.6 Å². The lowest BCUT2D eigenvalue weighted by Gasteiger charge is -2.23. The fourth-order valence-electron chi connectivity index (χ4n) is 3.95. The number of methoxy groups -OCH3 is 1. The van der Waals surface area contributed by atoms with Crippen LogP contribution in [0.1, 0.15) is 61.3 Å². The molecule has 1 aliphatic heterocycles. The Bertz CT molecular complexity index is 892. The third-order valence-electron chi connectivity index (χ3n) is 5.58. The summed E-state index contributed by atoms with van der Waals surface area (Å²) in [6.07, 6.45) is 5.39. The molecule has 1 unspecified atom stereocenters. The van der Waals surface area contributed by atoms with Crippen molar-refractivity contribution < 1.29 is 23.4 Å². The van der Waals surface area contributed by atoms with Crippen molar-refractivity contribution in [1.29, 1.82) is 0 Å². The van der Waals surface area contributed by atoms with Gasteiger partial charge >= 0.3 is 5.97 Å². The lowest BCUT2D eigenvalue weighted by molar-refractivity contribution is -0.138. The summed E-state index contributed by atoms with van der Waals surface area (Å²) in [5.41, 5.74) is 2.56. The maximum atomic E-state index is 14.7. The normalized spacial score (nSPS) is 14.4. The largest absolute Gasteiger partial charge is 0.495 e. The van der Waals surface area contributed by atoms with Crippen molar-refractivity contribution in [3.63, 3.8) is 0 Å². The molecule has 8 heteroatoms. The van der Waals surface area contributed by atoms with Gasteiger partial charge in [-0.1, -0.05) is 6.07 Å². The van der Waals surface area contributed by atoms with Crippen molar-refractivity contribution in [2.45, 2.75) is 63.2 Å². The predicted octanol–water partition coefficient (Wildman–Crippen LogP) is 4.84. The molecule has 0 aliphatic carbocycles. The first-order chi connectivity index (χ1) is 14.9. The molecule has 0 saturated heterocycles. The third-order valence-corrected chi connectivity index (χ3v) is 5.58. The van der Waals surface area contributed by atoms with Gasteiger partial charge in [0.05, 0.1) is 19.7 Å². The van der Waals surface area contributed by atoms with Gasteiger partial charge in [-0.15, -0.1) is 0 Å². The maximum absolute atomic E-state index is 14.7. The highest BCUT2D eigenvalue weighted by molar-refractivity contribution is 5.68. The molecule has 2 N–H and O–H groups in total. The van der Waals surface area contributed by atoms with Gasteiger partial charge in [0.15, 0.2) is 0 Å². The van der Waals surface area contributed by atoms with Crippen molar-refractivity contribution in [1.82, 2.24) is 9.97 Å². The number of ether oxygens (including phenoxy) is 1. The fraction of sp³-hybridized carbons (Fsp3) is 0.522.